The van der Waals surface area contributed by atoms with E-state index in [4.69, 9.17) is 5.73 Å². The number of nitrogens with two attached hydrogens (primary N) is 1. The summed E-state index contributed by atoms with van der Waals surface area (Å²) in [5.74, 6) is -0.327. The molecule has 0 aliphatic carbocycles. The lowest BCUT2D eigenvalue weighted by molar-refractivity contribution is 0.619. The number of H-pyrrole nitrogens is 1. The molecule has 0 amide bonds. The van der Waals surface area contributed by atoms with E-state index in [2.05, 4.69) is 10.2 Å². The molecule has 1 heterocycles. The lowest BCUT2D eigenvalue weighted by Crippen LogP contribution is -2.16. The zero-order valence-corrected chi connectivity index (χ0v) is 11.5. The van der Waals surface area contributed by atoms with Crippen LogP contribution in [0, 0.1) is 5.82 Å². The summed E-state index contributed by atoms with van der Waals surface area (Å²) < 4.78 is 14.8. The van der Waals surface area contributed by atoms with Crippen LogP contribution < -0.4 is 11.4 Å². The van der Waals surface area contributed by atoms with Gasteiger partial charge in [0.15, 0.2) is 5.16 Å². The molecule has 2 aromatic rings. The first-order chi connectivity index (χ1) is 9.02. The molecule has 0 bridgehead atoms. The second-order valence-corrected chi connectivity index (χ2v) is 5.14. The lowest BCUT2D eigenvalue weighted by Gasteiger charge is -2.12. The summed E-state index contributed by atoms with van der Waals surface area (Å²) in [7, 11) is 0. The predicted octanol–water partition coefficient (Wildman–Crippen LogP) is 1.90. The second-order valence-electron chi connectivity index (χ2n) is 4.13. The van der Waals surface area contributed by atoms with Crippen molar-refractivity contribution >= 4 is 11.8 Å². The SMILES string of the molecule is CCn1c(Sc2ccc(F)cc2[C@H](C)N)n[nH]c1=O. The van der Waals surface area contributed by atoms with E-state index in [0.29, 0.717) is 17.3 Å². The number of hydrogen-bond acceptors (Lipinski definition) is 4. The molecule has 0 spiro atoms. The van der Waals surface area contributed by atoms with E-state index in [9.17, 15) is 9.18 Å². The highest BCUT2D eigenvalue weighted by Crippen LogP contribution is 2.31. The van der Waals surface area contributed by atoms with Gasteiger partial charge in [-0.3, -0.25) is 4.57 Å². The molecule has 0 fully saturated rings. The van der Waals surface area contributed by atoms with Gasteiger partial charge in [-0.2, -0.15) is 0 Å². The fourth-order valence-electron chi connectivity index (χ4n) is 1.73. The maximum Gasteiger partial charge on any atom is 0.343 e. The van der Waals surface area contributed by atoms with E-state index in [-0.39, 0.29) is 17.5 Å². The van der Waals surface area contributed by atoms with Crippen molar-refractivity contribution in [1.29, 1.82) is 0 Å². The van der Waals surface area contributed by atoms with E-state index < -0.39 is 0 Å². The monoisotopic (exact) mass is 282 g/mol. The molecule has 19 heavy (non-hydrogen) atoms. The number of benzene rings is 1. The van der Waals surface area contributed by atoms with Gasteiger partial charge in [0.1, 0.15) is 5.82 Å². The molecular weight excluding hydrogens is 267 g/mol. The highest BCUT2D eigenvalue weighted by molar-refractivity contribution is 7.99. The number of aromatic nitrogens is 3. The first-order valence-electron chi connectivity index (χ1n) is 5.91. The normalized spacial score (nSPS) is 12.6. The van der Waals surface area contributed by atoms with Gasteiger partial charge >= 0.3 is 5.69 Å². The third-order valence-corrected chi connectivity index (χ3v) is 3.79. The topological polar surface area (TPSA) is 76.7 Å². The van der Waals surface area contributed by atoms with Crippen LogP contribution >= 0.6 is 11.8 Å². The van der Waals surface area contributed by atoms with Gasteiger partial charge in [-0.05, 0) is 49.4 Å². The van der Waals surface area contributed by atoms with Crippen LogP contribution in [0.2, 0.25) is 0 Å². The number of nitrogens with zero attached hydrogens (tertiary/aromatic N) is 2. The van der Waals surface area contributed by atoms with Gasteiger partial charge in [-0.25, -0.2) is 14.3 Å². The highest BCUT2D eigenvalue weighted by atomic mass is 32.2. The molecule has 0 radical (unpaired) electrons. The Labute approximate surface area is 114 Å². The Bertz CT molecular complexity index is 635. The number of nitrogens with one attached hydrogen (secondary N) is 1. The summed E-state index contributed by atoms with van der Waals surface area (Å²) in [6, 6.07) is 4.14. The van der Waals surface area contributed by atoms with Crippen molar-refractivity contribution in [2.75, 3.05) is 0 Å². The number of rotatable bonds is 4. The molecular formula is C12H15FN4OS. The summed E-state index contributed by atoms with van der Waals surface area (Å²) >= 11 is 1.30. The van der Waals surface area contributed by atoms with Crippen LogP contribution in [0.3, 0.4) is 0 Å². The van der Waals surface area contributed by atoms with E-state index in [1.807, 2.05) is 6.92 Å². The third-order valence-electron chi connectivity index (χ3n) is 2.70. The Morgan fingerprint density at radius 3 is 2.95 bits per heavy atom. The summed E-state index contributed by atoms with van der Waals surface area (Å²) in [6.07, 6.45) is 0. The minimum Gasteiger partial charge on any atom is -0.324 e. The number of hydrogen-bond donors (Lipinski definition) is 2. The summed E-state index contributed by atoms with van der Waals surface area (Å²) in [5.41, 5.74) is 6.28. The summed E-state index contributed by atoms with van der Waals surface area (Å²) in [4.78, 5) is 12.3. The Balaban J connectivity index is 2.40. The molecule has 0 saturated heterocycles. The fourth-order valence-corrected chi connectivity index (χ4v) is 2.84. The fraction of sp³-hybridized carbons (Fsp3) is 0.333. The van der Waals surface area contributed by atoms with Gasteiger partial charge in [0.05, 0.1) is 0 Å². The van der Waals surface area contributed by atoms with Crippen LogP contribution in [-0.4, -0.2) is 14.8 Å². The highest BCUT2D eigenvalue weighted by Gasteiger charge is 2.14. The zero-order chi connectivity index (χ0) is 14.0. The van der Waals surface area contributed by atoms with Gasteiger partial charge < -0.3 is 5.73 Å². The average Bonchev–Trinajstić information content (AvgIpc) is 2.71. The molecule has 7 heteroatoms. The van der Waals surface area contributed by atoms with Crippen molar-refractivity contribution in [3.05, 3.63) is 40.1 Å². The van der Waals surface area contributed by atoms with Crippen molar-refractivity contribution in [1.82, 2.24) is 14.8 Å². The van der Waals surface area contributed by atoms with E-state index >= 15 is 0 Å². The third kappa shape index (κ3) is 2.87. The van der Waals surface area contributed by atoms with E-state index in [1.165, 1.54) is 28.5 Å². The van der Waals surface area contributed by atoms with Crippen LogP contribution in [0.1, 0.15) is 25.5 Å². The number of aromatic amines is 1. The molecule has 0 unspecified atom stereocenters. The van der Waals surface area contributed by atoms with Crippen molar-refractivity contribution in [2.24, 2.45) is 5.73 Å². The van der Waals surface area contributed by atoms with Crippen molar-refractivity contribution in [3.8, 4) is 0 Å². The Morgan fingerprint density at radius 2 is 2.32 bits per heavy atom. The molecule has 0 saturated carbocycles. The van der Waals surface area contributed by atoms with Crippen LogP contribution in [0.15, 0.2) is 33.0 Å². The minimum atomic E-state index is -0.327. The molecule has 0 aliphatic rings. The van der Waals surface area contributed by atoms with Gasteiger partial charge in [0.2, 0.25) is 0 Å². The Kier molecular flexibility index (Phi) is 4.06. The van der Waals surface area contributed by atoms with E-state index in [1.54, 1.807) is 13.0 Å². The number of halogens is 1. The quantitative estimate of drug-likeness (QED) is 0.898. The van der Waals surface area contributed by atoms with Gasteiger partial charge in [-0.1, -0.05) is 0 Å². The Hall–Kier alpha value is -1.60. The van der Waals surface area contributed by atoms with Gasteiger partial charge in [-0.15, -0.1) is 5.10 Å². The summed E-state index contributed by atoms with van der Waals surface area (Å²) in [6.45, 7) is 4.17. The largest absolute Gasteiger partial charge is 0.343 e. The molecule has 5 nitrogen and oxygen atoms in total. The first kappa shape index (κ1) is 13.8. The molecule has 102 valence electrons. The van der Waals surface area contributed by atoms with Crippen molar-refractivity contribution in [2.45, 2.75) is 36.5 Å². The standard InChI is InChI=1S/C12H15FN4OS/c1-3-17-11(18)15-16-12(17)19-10-5-4-8(13)6-9(10)7(2)14/h4-7H,3,14H2,1-2H3,(H,15,18)/t7-/m0/s1. The first-order valence-corrected chi connectivity index (χ1v) is 6.72. The molecule has 2 rings (SSSR count). The van der Waals surface area contributed by atoms with Crippen LogP contribution in [0.25, 0.3) is 0 Å². The van der Waals surface area contributed by atoms with Crippen LogP contribution in [0.5, 0.6) is 0 Å². The van der Waals surface area contributed by atoms with E-state index in [0.717, 1.165) is 4.90 Å². The van der Waals surface area contributed by atoms with Crippen molar-refractivity contribution < 1.29 is 4.39 Å². The predicted molar refractivity (Wildman–Crippen MR) is 71.6 cm³/mol. The van der Waals surface area contributed by atoms with Gasteiger partial charge in [0, 0.05) is 17.5 Å². The average molecular weight is 282 g/mol. The van der Waals surface area contributed by atoms with Crippen LogP contribution in [-0.2, 0) is 6.54 Å². The second kappa shape index (κ2) is 5.58. The minimum absolute atomic E-state index is 0.255. The van der Waals surface area contributed by atoms with Crippen molar-refractivity contribution in [3.63, 3.8) is 0 Å². The lowest BCUT2D eigenvalue weighted by atomic mass is 10.1. The molecule has 1 aromatic carbocycles. The molecule has 1 atom stereocenters. The maximum absolute atomic E-state index is 13.3. The van der Waals surface area contributed by atoms with Crippen LogP contribution in [0.4, 0.5) is 4.39 Å². The molecule has 0 aliphatic heterocycles. The van der Waals surface area contributed by atoms with Gasteiger partial charge in [0.25, 0.3) is 0 Å². The zero-order valence-electron chi connectivity index (χ0n) is 10.7. The molecule has 3 N–H and O–H groups in total. The summed E-state index contributed by atoms with van der Waals surface area (Å²) in [5, 5.41) is 6.90. The Morgan fingerprint density at radius 1 is 1.58 bits per heavy atom. The molecule has 1 aromatic heterocycles. The smallest absolute Gasteiger partial charge is 0.324 e. The maximum atomic E-state index is 13.3.